The van der Waals surface area contributed by atoms with Gasteiger partial charge >= 0.3 is 0 Å². The Balaban J connectivity index is 1.65. The van der Waals surface area contributed by atoms with E-state index in [4.69, 9.17) is 0 Å². The third kappa shape index (κ3) is 5.01. The van der Waals surface area contributed by atoms with E-state index in [9.17, 15) is 0 Å². The van der Waals surface area contributed by atoms with E-state index in [1.54, 1.807) is 6.20 Å². The summed E-state index contributed by atoms with van der Waals surface area (Å²) < 4.78 is 5.14. The second-order valence-corrected chi connectivity index (χ2v) is 7.41. The highest BCUT2D eigenvalue weighted by Gasteiger charge is 2.11. The number of halogens is 1. The van der Waals surface area contributed by atoms with Crippen LogP contribution in [0.15, 0.2) is 64.5 Å². The van der Waals surface area contributed by atoms with Crippen molar-refractivity contribution in [1.82, 2.24) is 24.6 Å². The van der Waals surface area contributed by atoms with Crippen LogP contribution in [0.2, 0.25) is 0 Å². The average molecular weight is 429 g/mol. The molecule has 27 heavy (non-hydrogen) atoms. The van der Waals surface area contributed by atoms with Gasteiger partial charge in [0.2, 0.25) is 0 Å². The molecule has 0 saturated carbocycles. The fraction of sp³-hybridized carbons (Fsp3) is 0.300. The quantitative estimate of drug-likeness (QED) is 0.484. The molecule has 0 radical (unpaired) electrons. The Morgan fingerprint density at radius 3 is 2.67 bits per heavy atom. The second kappa shape index (κ2) is 8.90. The summed E-state index contributed by atoms with van der Waals surface area (Å²) >= 11 is 3.53. The highest BCUT2D eigenvalue weighted by Crippen LogP contribution is 2.15. The van der Waals surface area contributed by atoms with Crippen LogP contribution in [0.3, 0.4) is 0 Å². The summed E-state index contributed by atoms with van der Waals surface area (Å²) in [6.45, 7) is 2.25. The maximum Gasteiger partial charge on any atom is 0.194 e. The van der Waals surface area contributed by atoms with Gasteiger partial charge in [-0.3, -0.25) is 9.67 Å². The Bertz CT molecular complexity index is 897. The molecule has 6 nitrogen and oxygen atoms in total. The highest BCUT2D eigenvalue weighted by molar-refractivity contribution is 9.10. The summed E-state index contributed by atoms with van der Waals surface area (Å²) in [4.78, 5) is 6.56. The lowest BCUT2D eigenvalue weighted by atomic mass is 10.1. The van der Waals surface area contributed by atoms with Crippen molar-refractivity contribution in [3.63, 3.8) is 0 Å². The average Bonchev–Trinajstić information content (AvgIpc) is 3.26. The van der Waals surface area contributed by atoms with Gasteiger partial charge in [0.15, 0.2) is 5.96 Å². The van der Waals surface area contributed by atoms with Gasteiger partial charge in [-0.05, 0) is 39.2 Å². The van der Waals surface area contributed by atoms with Gasteiger partial charge in [0.1, 0.15) is 0 Å². The van der Waals surface area contributed by atoms with Gasteiger partial charge in [-0.15, -0.1) is 0 Å². The second-order valence-electron chi connectivity index (χ2n) is 6.49. The first-order chi connectivity index (χ1) is 13.1. The molecule has 142 valence electrons. The first-order valence-corrected chi connectivity index (χ1v) is 9.63. The van der Waals surface area contributed by atoms with E-state index in [1.807, 2.05) is 31.0 Å². The van der Waals surface area contributed by atoms with E-state index < -0.39 is 0 Å². The Kier molecular flexibility index (Phi) is 6.34. The Morgan fingerprint density at radius 1 is 1.26 bits per heavy atom. The maximum atomic E-state index is 4.43. The standard InChI is InChI=1S/C20H25BrN6/c1-22-20(26(3)15-19-11-18(21)14-25(19)2)23-12-16-7-4-5-8-17(16)13-27-10-6-9-24-27/h4-11,14H,12-13,15H2,1-3H3,(H,22,23). The molecule has 0 atom stereocenters. The molecule has 0 aliphatic heterocycles. The minimum Gasteiger partial charge on any atom is -0.352 e. The highest BCUT2D eigenvalue weighted by atomic mass is 79.9. The Morgan fingerprint density at radius 2 is 2.04 bits per heavy atom. The lowest BCUT2D eigenvalue weighted by molar-refractivity contribution is 0.461. The summed E-state index contributed by atoms with van der Waals surface area (Å²) in [5, 5.41) is 7.78. The van der Waals surface area contributed by atoms with Crippen molar-refractivity contribution in [2.45, 2.75) is 19.6 Å². The molecule has 0 aliphatic rings. The molecule has 1 N–H and O–H groups in total. The molecule has 0 fully saturated rings. The number of aromatic nitrogens is 3. The van der Waals surface area contributed by atoms with E-state index in [0.717, 1.165) is 23.5 Å². The monoisotopic (exact) mass is 428 g/mol. The molecule has 0 bridgehead atoms. The van der Waals surface area contributed by atoms with Gasteiger partial charge in [-0.2, -0.15) is 5.10 Å². The predicted molar refractivity (Wildman–Crippen MR) is 113 cm³/mol. The van der Waals surface area contributed by atoms with Gasteiger partial charge in [0, 0.05) is 56.4 Å². The van der Waals surface area contributed by atoms with Crippen molar-refractivity contribution in [2.75, 3.05) is 14.1 Å². The summed E-state index contributed by atoms with van der Waals surface area (Å²) in [5.41, 5.74) is 3.70. The van der Waals surface area contributed by atoms with Crippen LogP contribution in [-0.2, 0) is 26.7 Å². The minimum absolute atomic E-state index is 0.714. The number of nitrogens with zero attached hydrogens (tertiary/aromatic N) is 5. The third-order valence-electron chi connectivity index (χ3n) is 4.49. The van der Waals surface area contributed by atoms with E-state index in [-0.39, 0.29) is 0 Å². The third-order valence-corrected chi connectivity index (χ3v) is 4.93. The molecule has 0 aliphatic carbocycles. The van der Waals surface area contributed by atoms with Crippen LogP contribution in [0.1, 0.15) is 16.8 Å². The molecule has 0 unspecified atom stereocenters. The van der Waals surface area contributed by atoms with Crippen molar-refractivity contribution in [3.05, 3.63) is 76.3 Å². The zero-order chi connectivity index (χ0) is 19.2. The fourth-order valence-corrected chi connectivity index (χ4v) is 3.62. The van der Waals surface area contributed by atoms with Crippen LogP contribution in [-0.4, -0.2) is 39.3 Å². The predicted octanol–water partition coefficient (Wildman–Crippen LogP) is 3.24. The summed E-state index contributed by atoms with van der Waals surface area (Å²) in [6.07, 6.45) is 5.85. The number of aryl methyl sites for hydroxylation is 1. The largest absolute Gasteiger partial charge is 0.352 e. The first kappa shape index (κ1) is 19.2. The van der Waals surface area contributed by atoms with Crippen molar-refractivity contribution < 1.29 is 0 Å². The molecule has 0 amide bonds. The van der Waals surface area contributed by atoms with Crippen molar-refractivity contribution >= 4 is 21.9 Å². The summed E-state index contributed by atoms with van der Waals surface area (Å²) in [7, 11) is 5.91. The van der Waals surface area contributed by atoms with Gasteiger partial charge in [0.25, 0.3) is 0 Å². The van der Waals surface area contributed by atoms with Gasteiger partial charge in [-0.1, -0.05) is 24.3 Å². The number of hydrogen-bond acceptors (Lipinski definition) is 2. The number of rotatable bonds is 6. The van der Waals surface area contributed by atoms with E-state index >= 15 is 0 Å². The van der Waals surface area contributed by atoms with Crippen molar-refractivity contribution in [1.29, 1.82) is 0 Å². The van der Waals surface area contributed by atoms with Gasteiger partial charge < -0.3 is 14.8 Å². The molecule has 1 aromatic carbocycles. The fourth-order valence-electron chi connectivity index (χ4n) is 3.05. The number of aliphatic imine (C=N–C) groups is 1. The zero-order valence-corrected chi connectivity index (χ0v) is 17.5. The molecule has 3 aromatic rings. The maximum absolute atomic E-state index is 4.43. The molecule has 2 heterocycles. The van der Waals surface area contributed by atoms with Gasteiger partial charge in [-0.25, -0.2) is 0 Å². The number of nitrogens with one attached hydrogen (secondary N) is 1. The van der Waals surface area contributed by atoms with E-state index in [1.165, 1.54) is 16.8 Å². The molecule has 3 rings (SSSR count). The molecule has 7 heteroatoms. The lowest BCUT2D eigenvalue weighted by Crippen LogP contribution is -2.38. The van der Waals surface area contributed by atoms with Crippen LogP contribution >= 0.6 is 15.9 Å². The van der Waals surface area contributed by atoms with Crippen LogP contribution < -0.4 is 5.32 Å². The SMILES string of the molecule is CN=C(NCc1ccccc1Cn1cccn1)N(C)Cc1cc(Br)cn1C. The van der Waals surface area contributed by atoms with Crippen LogP contribution in [0.25, 0.3) is 0 Å². The van der Waals surface area contributed by atoms with Gasteiger partial charge in [0.05, 0.1) is 13.1 Å². The summed E-state index contributed by atoms with van der Waals surface area (Å²) in [6, 6.07) is 12.5. The number of benzene rings is 1. The number of guanidine groups is 1. The van der Waals surface area contributed by atoms with Crippen LogP contribution in [0.5, 0.6) is 0 Å². The van der Waals surface area contributed by atoms with Crippen molar-refractivity contribution in [3.8, 4) is 0 Å². The molecule has 0 saturated heterocycles. The molecular formula is C20H25BrN6. The minimum atomic E-state index is 0.714. The van der Waals surface area contributed by atoms with E-state index in [2.05, 4.69) is 84.4 Å². The zero-order valence-electron chi connectivity index (χ0n) is 15.9. The van der Waals surface area contributed by atoms with Crippen molar-refractivity contribution in [2.24, 2.45) is 12.0 Å². The Labute approximate surface area is 168 Å². The normalized spacial score (nSPS) is 11.6. The van der Waals surface area contributed by atoms with Crippen LogP contribution in [0, 0.1) is 0 Å². The lowest BCUT2D eigenvalue weighted by Gasteiger charge is -2.23. The number of hydrogen-bond donors (Lipinski definition) is 1. The first-order valence-electron chi connectivity index (χ1n) is 8.83. The van der Waals surface area contributed by atoms with E-state index in [0.29, 0.717) is 6.54 Å². The van der Waals surface area contributed by atoms with Crippen LogP contribution in [0.4, 0.5) is 0 Å². The molecule has 2 aromatic heterocycles. The summed E-state index contributed by atoms with van der Waals surface area (Å²) in [5.74, 6) is 0.862. The molecule has 0 spiro atoms. The smallest absolute Gasteiger partial charge is 0.194 e. The topological polar surface area (TPSA) is 50.4 Å². The Hall–Kier alpha value is -2.54. The molecular weight excluding hydrogens is 404 g/mol.